The van der Waals surface area contributed by atoms with E-state index in [9.17, 15) is 4.79 Å². The summed E-state index contributed by atoms with van der Waals surface area (Å²) in [5.74, 6) is -0.0298. The van der Waals surface area contributed by atoms with Crippen molar-refractivity contribution in [2.45, 2.75) is 18.6 Å². The van der Waals surface area contributed by atoms with E-state index in [4.69, 9.17) is 9.47 Å². The maximum Gasteiger partial charge on any atom is 0.222 e. The van der Waals surface area contributed by atoms with Gasteiger partial charge in [-0.05, 0) is 17.7 Å². The Morgan fingerprint density at radius 1 is 1.52 bits per heavy atom. The number of hydrogen-bond acceptors (Lipinski definition) is 5. The highest BCUT2D eigenvalue weighted by Gasteiger charge is 2.38. The summed E-state index contributed by atoms with van der Waals surface area (Å²) >= 11 is 0. The highest BCUT2D eigenvalue weighted by molar-refractivity contribution is 5.76. The lowest BCUT2D eigenvalue weighted by molar-refractivity contribution is -0.155. The molecule has 0 spiro atoms. The Bertz CT molecular complexity index is 451. The van der Waals surface area contributed by atoms with Gasteiger partial charge in [-0.25, -0.2) is 0 Å². The second kappa shape index (κ2) is 7.49. The van der Waals surface area contributed by atoms with Gasteiger partial charge in [-0.2, -0.15) is 0 Å². The molecule has 0 aromatic carbocycles. The normalized spacial score (nSPS) is 23.0. The molecule has 1 aromatic rings. The Labute approximate surface area is 125 Å². The number of morpholine rings is 1. The molecule has 21 heavy (non-hydrogen) atoms. The Morgan fingerprint density at radius 2 is 2.29 bits per heavy atom. The SMILES string of the molecule is CNC(=O)CC1(COC)CN(Cc2ccncc2)CCO1. The number of carbonyl (C=O) groups excluding carboxylic acids is 1. The van der Waals surface area contributed by atoms with Crippen LogP contribution >= 0.6 is 0 Å². The van der Waals surface area contributed by atoms with Gasteiger partial charge in [0.1, 0.15) is 5.60 Å². The predicted molar refractivity (Wildman–Crippen MR) is 78.8 cm³/mol. The monoisotopic (exact) mass is 293 g/mol. The standard InChI is InChI=1S/C15H23N3O3/c1-16-14(19)9-15(12-20-2)11-18(7-8-21-15)10-13-3-5-17-6-4-13/h3-6H,7-12H2,1-2H3,(H,16,19). The molecule has 1 aliphatic heterocycles. The molecule has 6 nitrogen and oxygen atoms in total. The lowest BCUT2D eigenvalue weighted by Crippen LogP contribution is -2.55. The van der Waals surface area contributed by atoms with Crippen LogP contribution in [0.3, 0.4) is 0 Å². The van der Waals surface area contributed by atoms with Crippen LogP contribution in [-0.2, 0) is 20.8 Å². The summed E-state index contributed by atoms with van der Waals surface area (Å²) in [6.07, 6.45) is 3.90. The minimum atomic E-state index is -0.569. The van der Waals surface area contributed by atoms with Gasteiger partial charge in [0.15, 0.2) is 0 Å². The van der Waals surface area contributed by atoms with E-state index >= 15 is 0 Å². The first kappa shape index (κ1) is 15.9. The van der Waals surface area contributed by atoms with Crippen molar-refractivity contribution in [1.29, 1.82) is 0 Å². The van der Waals surface area contributed by atoms with Gasteiger partial charge < -0.3 is 14.8 Å². The van der Waals surface area contributed by atoms with Crippen LogP contribution in [0.25, 0.3) is 0 Å². The Morgan fingerprint density at radius 3 is 2.95 bits per heavy atom. The van der Waals surface area contributed by atoms with Crippen LogP contribution in [0.5, 0.6) is 0 Å². The van der Waals surface area contributed by atoms with Crippen LogP contribution in [0.4, 0.5) is 0 Å². The van der Waals surface area contributed by atoms with Crippen LogP contribution in [0.2, 0.25) is 0 Å². The number of amides is 1. The zero-order valence-corrected chi connectivity index (χ0v) is 12.7. The number of pyridine rings is 1. The van der Waals surface area contributed by atoms with Crippen molar-refractivity contribution in [1.82, 2.24) is 15.2 Å². The van der Waals surface area contributed by atoms with E-state index in [2.05, 4.69) is 15.2 Å². The van der Waals surface area contributed by atoms with Gasteiger partial charge in [-0.15, -0.1) is 0 Å². The topological polar surface area (TPSA) is 63.7 Å². The van der Waals surface area contributed by atoms with Gasteiger partial charge >= 0.3 is 0 Å². The number of rotatable bonds is 6. The average molecular weight is 293 g/mol. The molecular weight excluding hydrogens is 270 g/mol. The quantitative estimate of drug-likeness (QED) is 0.824. The minimum Gasteiger partial charge on any atom is -0.382 e. The second-order valence-corrected chi connectivity index (χ2v) is 5.38. The molecule has 1 saturated heterocycles. The third kappa shape index (κ3) is 4.49. The zero-order chi connectivity index (χ0) is 15.1. The highest BCUT2D eigenvalue weighted by atomic mass is 16.5. The van der Waals surface area contributed by atoms with Crippen LogP contribution in [0.1, 0.15) is 12.0 Å². The first-order chi connectivity index (χ1) is 10.2. The molecule has 0 aliphatic carbocycles. The summed E-state index contributed by atoms with van der Waals surface area (Å²) in [6, 6.07) is 4.01. The fraction of sp³-hybridized carbons (Fsp3) is 0.600. The fourth-order valence-electron chi connectivity index (χ4n) is 2.69. The summed E-state index contributed by atoms with van der Waals surface area (Å²) in [5.41, 5.74) is 0.637. The number of aromatic nitrogens is 1. The van der Waals surface area contributed by atoms with E-state index in [1.807, 2.05) is 12.1 Å². The smallest absolute Gasteiger partial charge is 0.222 e. The van der Waals surface area contributed by atoms with Crippen LogP contribution in [-0.4, -0.2) is 61.9 Å². The van der Waals surface area contributed by atoms with Crippen molar-refractivity contribution in [3.05, 3.63) is 30.1 Å². The molecule has 6 heteroatoms. The maximum absolute atomic E-state index is 11.8. The first-order valence-electron chi connectivity index (χ1n) is 7.12. The van der Waals surface area contributed by atoms with Gasteiger partial charge in [0.2, 0.25) is 5.91 Å². The Kier molecular flexibility index (Phi) is 5.67. The average Bonchev–Trinajstić information content (AvgIpc) is 2.48. The predicted octanol–water partition coefficient (Wildman–Crippen LogP) is 0.435. The lowest BCUT2D eigenvalue weighted by Gasteiger charge is -2.42. The van der Waals surface area contributed by atoms with Gasteiger partial charge in [0.25, 0.3) is 0 Å². The molecule has 1 aromatic heterocycles. The number of nitrogens with one attached hydrogen (secondary N) is 1. The Hall–Kier alpha value is -1.50. The molecule has 1 amide bonds. The molecule has 0 saturated carbocycles. The summed E-state index contributed by atoms with van der Waals surface area (Å²) in [4.78, 5) is 18.1. The van der Waals surface area contributed by atoms with Crippen LogP contribution < -0.4 is 5.32 Å². The molecule has 1 unspecified atom stereocenters. The zero-order valence-electron chi connectivity index (χ0n) is 12.7. The third-order valence-corrected chi connectivity index (χ3v) is 3.65. The van der Waals surface area contributed by atoms with Crippen molar-refractivity contribution < 1.29 is 14.3 Å². The lowest BCUT2D eigenvalue weighted by atomic mass is 9.97. The Balaban J connectivity index is 2.03. The van der Waals surface area contributed by atoms with E-state index < -0.39 is 5.60 Å². The number of nitrogens with zero attached hydrogens (tertiary/aromatic N) is 2. The highest BCUT2D eigenvalue weighted by Crippen LogP contribution is 2.24. The van der Waals surface area contributed by atoms with Crippen LogP contribution in [0.15, 0.2) is 24.5 Å². The molecule has 0 bridgehead atoms. The maximum atomic E-state index is 11.8. The van der Waals surface area contributed by atoms with E-state index in [1.54, 1.807) is 26.6 Å². The second-order valence-electron chi connectivity index (χ2n) is 5.38. The summed E-state index contributed by atoms with van der Waals surface area (Å²) < 4.78 is 11.2. The molecule has 1 fully saturated rings. The molecule has 1 N–H and O–H groups in total. The van der Waals surface area contributed by atoms with Crippen molar-refractivity contribution in [2.24, 2.45) is 0 Å². The molecule has 2 heterocycles. The van der Waals surface area contributed by atoms with E-state index in [-0.39, 0.29) is 5.91 Å². The van der Waals surface area contributed by atoms with Gasteiger partial charge in [-0.1, -0.05) is 0 Å². The fourth-order valence-corrected chi connectivity index (χ4v) is 2.69. The number of methoxy groups -OCH3 is 1. The molecule has 1 atom stereocenters. The summed E-state index contributed by atoms with van der Waals surface area (Å²) in [6.45, 7) is 3.36. The van der Waals surface area contributed by atoms with E-state index in [0.717, 1.165) is 13.1 Å². The largest absolute Gasteiger partial charge is 0.382 e. The van der Waals surface area contributed by atoms with Gasteiger partial charge in [-0.3, -0.25) is 14.7 Å². The molecule has 1 aliphatic rings. The van der Waals surface area contributed by atoms with Crippen molar-refractivity contribution in [2.75, 3.05) is 40.5 Å². The van der Waals surface area contributed by atoms with E-state index in [1.165, 1.54) is 5.56 Å². The summed E-state index contributed by atoms with van der Waals surface area (Å²) in [7, 11) is 3.27. The van der Waals surface area contributed by atoms with Gasteiger partial charge in [0.05, 0.1) is 19.6 Å². The van der Waals surface area contributed by atoms with E-state index in [0.29, 0.717) is 26.2 Å². The molecule has 116 valence electrons. The number of hydrogen-bond donors (Lipinski definition) is 1. The molecule has 0 radical (unpaired) electrons. The van der Waals surface area contributed by atoms with Gasteiger partial charge in [0, 0.05) is 46.2 Å². The molecular formula is C15H23N3O3. The van der Waals surface area contributed by atoms with Crippen molar-refractivity contribution >= 4 is 5.91 Å². The molecule has 2 rings (SSSR count). The van der Waals surface area contributed by atoms with Crippen molar-refractivity contribution in [3.63, 3.8) is 0 Å². The first-order valence-corrected chi connectivity index (χ1v) is 7.12. The van der Waals surface area contributed by atoms with Crippen LogP contribution in [0, 0.1) is 0 Å². The minimum absolute atomic E-state index is 0.0298. The number of carbonyl (C=O) groups is 1. The third-order valence-electron chi connectivity index (χ3n) is 3.65. The summed E-state index contributed by atoms with van der Waals surface area (Å²) in [5, 5.41) is 2.66. The van der Waals surface area contributed by atoms with Crippen molar-refractivity contribution in [3.8, 4) is 0 Å². The number of ether oxygens (including phenoxy) is 2.